The number of rotatable bonds is 6. The lowest BCUT2D eigenvalue weighted by atomic mass is 9.99. The molecule has 37 heavy (non-hydrogen) atoms. The second-order valence-corrected chi connectivity index (χ2v) is 12.9. The zero-order chi connectivity index (χ0) is 25.7. The first-order valence-electron chi connectivity index (χ1n) is 12.6. The van der Waals surface area contributed by atoms with E-state index in [1.165, 1.54) is 36.2 Å². The van der Waals surface area contributed by atoms with E-state index >= 15 is 0 Å². The van der Waals surface area contributed by atoms with Gasteiger partial charge in [0.25, 0.3) is 5.91 Å². The van der Waals surface area contributed by atoms with Crippen molar-refractivity contribution >= 4 is 38.3 Å². The van der Waals surface area contributed by atoms with E-state index in [0.29, 0.717) is 16.0 Å². The Bertz CT molecular complexity index is 1630. The van der Waals surface area contributed by atoms with Crippen LogP contribution in [0.25, 0.3) is 22.2 Å². The van der Waals surface area contributed by atoms with Crippen LogP contribution >= 0.6 is 11.3 Å². The van der Waals surface area contributed by atoms with Gasteiger partial charge >= 0.3 is 10.1 Å². The monoisotopic (exact) mass is 535 g/mol. The van der Waals surface area contributed by atoms with Gasteiger partial charge in [0.1, 0.15) is 10.6 Å². The van der Waals surface area contributed by atoms with Gasteiger partial charge in [0.2, 0.25) is 0 Å². The van der Waals surface area contributed by atoms with Crippen LogP contribution in [-0.2, 0) is 23.2 Å². The molecular weight excluding hydrogens is 506 g/mol. The van der Waals surface area contributed by atoms with Crippen LogP contribution in [0.1, 0.15) is 50.5 Å². The van der Waals surface area contributed by atoms with Crippen molar-refractivity contribution in [3.05, 3.63) is 68.9 Å². The van der Waals surface area contributed by atoms with E-state index in [4.69, 9.17) is 4.18 Å². The summed E-state index contributed by atoms with van der Waals surface area (Å²) in [6.07, 6.45) is 3.84. The van der Waals surface area contributed by atoms with Crippen LogP contribution in [0, 0.1) is 13.8 Å². The highest BCUT2D eigenvalue weighted by Gasteiger charge is 2.30. The van der Waals surface area contributed by atoms with Crippen molar-refractivity contribution in [1.82, 2.24) is 15.2 Å². The molecule has 0 bridgehead atoms. The second-order valence-electron chi connectivity index (χ2n) is 9.90. The number of likely N-dealkylation sites (tertiary alicyclic amines) is 1. The maximum atomic E-state index is 13.0. The van der Waals surface area contributed by atoms with E-state index in [2.05, 4.69) is 39.5 Å². The summed E-state index contributed by atoms with van der Waals surface area (Å²) in [4.78, 5) is 20.6. The second kappa shape index (κ2) is 9.31. The molecule has 2 aliphatic rings. The Balaban J connectivity index is 1.34. The molecule has 2 aliphatic heterocycles. The maximum Gasteiger partial charge on any atom is 0.340 e. The van der Waals surface area contributed by atoms with Gasteiger partial charge in [-0.05, 0) is 81.7 Å². The van der Waals surface area contributed by atoms with Crippen molar-refractivity contribution in [2.75, 3.05) is 13.1 Å². The molecule has 9 heteroatoms. The Morgan fingerprint density at radius 3 is 2.59 bits per heavy atom. The highest BCUT2D eigenvalue weighted by molar-refractivity contribution is 7.87. The number of nitrogens with zero attached hydrogens (tertiary/aromatic N) is 1. The Hall–Kier alpha value is -3.14. The summed E-state index contributed by atoms with van der Waals surface area (Å²) in [7, 11) is -4.02. The molecule has 1 amide bonds. The predicted molar refractivity (Wildman–Crippen MR) is 146 cm³/mol. The maximum absolute atomic E-state index is 13.0. The van der Waals surface area contributed by atoms with Crippen molar-refractivity contribution in [3.63, 3.8) is 0 Å². The van der Waals surface area contributed by atoms with Gasteiger partial charge in [-0.2, -0.15) is 8.42 Å². The number of aryl methyl sites for hydroxylation is 2. The molecule has 0 aliphatic carbocycles. The average molecular weight is 536 g/mol. The van der Waals surface area contributed by atoms with Gasteiger partial charge in [-0.1, -0.05) is 12.5 Å². The van der Waals surface area contributed by atoms with E-state index in [9.17, 15) is 13.2 Å². The average Bonchev–Trinajstić information content (AvgIpc) is 3.56. The fraction of sp³-hybridized carbons (Fsp3) is 0.321. The summed E-state index contributed by atoms with van der Waals surface area (Å²) in [6, 6.07) is 13.5. The molecule has 4 aromatic rings. The molecule has 0 unspecified atom stereocenters. The molecule has 2 aromatic carbocycles. The molecular formula is C28H29N3O4S2. The van der Waals surface area contributed by atoms with Gasteiger partial charge in [0, 0.05) is 50.6 Å². The number of aromatic amines is 1. The van der Waals surface area contributed by atoms with Crippen molar-refractivity contribution in [2.24, 2.45) is 0 Å². The summed E-state index contributed by atoms with van der Waals surface area (Å²) >= 11 is 1.41. The number of H-pyrrole nitrogens is 1. The van der Waals surface area contributed by atoms with Crippen molar-refractivity contribution < 1.29 is 17.4 Å². The summed E-state index contributed by atoms with van der Waals surface area (Å²) in [5.41, 5.74) is 4.82. The highest BCUT2D eigenvalue weighted by atomic mass is 32.2. The standard InChI is InChI=1S/C28H29N3O4S2/c1-17-12-26(18(2)36-17)37(33,34)35-25-9-7-21(27-22(25)15-29-28(27)32)24-14-20-13-19(6-8-23(20)30-24)16-31-10-4-3-5-11-31/h6-9,12-14,30H,3-5,10-11,15-16H2,1-2H3,(H,29,32). The Morgan fingerprint density at radius 1 is 1.03 bits per heavy atom. The normalized spacial score (nSPS) is 16.2. The van der Waals surface area contributed by atoms with Gasteiger partial charge in [-0.25, -0.2) is 0 Å². The lowest BCUT2D eigenvalue weighted by Crippen LogP contribution is -2.28. The number of carbonyl (C=O) groups excluding carboxylic acids is 1. The fourth-order valence-corrected chi connectivity index (χ4v) is 7.92. The Kier molecular flexibility index (Phi) is 6.09. The molecule has 1 fully saturated rings. The number of carbonyl (C=O) groups is 1. The van der Waals surface area contributed by atoms with Gasteiger partial charge in [-0.3, -0.25) is 9.69 Å². The van der Waals surface area contributed by atoms with E-state index in [-0.39, 0.29) is 23.1 Å². The first kappa shape index (κ1) is 24.2. The molecule has 4 heterocycles. The number of hydrogen-bond donors (Lipinski definition) is 2. The lowest BCUT2D eigenvalue weighted by Gasteiger charge is -2.26. The van der Waals surface area contributed by atoms with Crippen molar-refractivity contribution in [1.29, 1.82) is 0 Å². The van der Waals surface area contributed by atoms with E-state index in [1.807, 2.05) is 6.92 Å². The Morgan fingerprint density at radius 2 is 1.84 bits per heavy atom. The molecule has 7 nitrogen and oxygen atoms in total. The number of thiophene rings is 1. The van der Waals surface area contributed by atoms with Gasteiger partial charge in [0.15, 0.2) is 0 Å². The van der Waals surface area contributed by atoms with Gasteiger partial charge in [-0.15, -0.1) is 11.3 Å². The molecule has 0 spiro atoms. The third-order valence-electron chi connectivity index (χ3n) is 7.22. The molecule has 1 saturated heterocycles. The summed E-state index contributed by atoms with van der Waals surface area (Å²) < 4.78 is 31.7. The fourth-order valence-electron chi connectivity index (χ4n) is 5.44. The molecule has 2 aromatic heterocycles. The summed E-state index contributed by atoms with van der Waals surface area (Å²) in [6.45, 7) is 7.08. The zero-order valence-electron chi connectivity index (χ0n) is 20.9. The van der Waals surface area contributed by atoms with Crippen LogP contribution in [0.4, 0.5) is 0 Å². The number of nitrogens with one attached hydrogen (secondary N) is 2. The molecule has 192 valence electrons. The van der Waals surface area contributed by atoms with Gasteiger partial charge in [0.05, 0.1) is 5.56 Å². The number of hydrogen-bond acceptors (Lipinski definition) is 6. The van der Waals surface area contributed by atoms with E-state index < -0.39 is 10.1 Å². The molecule has 6 rings (SSSR count). The minimum atomic E-state index is -4.02. The lowest BCUT2D eigenvalue weighted by molar-refractivity contribution is 0.0966. The van der Waals surface area contributed by atoms with Crippen molar-refractivity contribution in [2.45, 2.75) is 51.1 Å². The van der Waals surface area contributed by atoms with E-state index in [0.717, 1.165) is 46.7 Å². The number of fused-ring (bicyclic) bond motifs is 2. The summed E-state index contributed by atoms with van der Waals surface area (Å²) in [5.74, 6) is -0.0554. The van der Waals surface area contributed by atoms with Crippen LogP contribution < -0.4 is 9.50 Å². The van der Waals surface area contributed by atoms with Crippen LogP contribution in [0.15, 0.2) is 47.4 Å². The predicted octanol–water partition coefficient (Wildman–Crippen LogP) is 5.51. The third kappa shape index (κ3) is 4.56. The highest BCUT2D eigenvalue weighted by Crippen LogP contribution is 2.38. The quantitative estimate of drug-likeness (QED) is 0.318. The van der Waals surface area contributed by atoms with E-state index in [1.54, 1.807) is 25.1 Å². The number of aromatic nitrogens is 1. The van der Waals surface area contributed by atoms with Crippen LogP contribution in [0.2, 0.25) is 0 Å². The van der Waals surface area contributed by atoms with Crippen LogP contribution in [-0.4, -0.2) is 37.3 Å². The minimum absolute atomic E-state index is 0.168. The van der Waals surface area contributed by atoms with Gasteiger partial charge < -0.3 is 14.5 Å². The van der Waals surface area contributed by atoms with Crippen LogP contribution in [0.5, 0.6) is 5.75 Å². The third-order valence-corrected chi connectivity index (χ3v) is 9.67. The largest absolute Gasteiger partial charge is 0.379 e. The molecule has 0 atom stereocenters. The number of piperidine rings is 1. The summed E-state index contributed by atoms with van der Waals surface area (Å²) in [5, 5.41) is 3.92. The number of benzene rings is 2. The topological polar surface area (TPSA) is 91.5 Å². The smallest absolute Gasteiger partial charge is 0.340 e. The Labute approximate surface area is 220 Å². The molecule has 0 saturated carbocycles. The minimum Gasteiger partial charge on any atom is -0.379 e. The molecule has 0 radical (unpaired) electrons. The first-order valence-corrected chi connectivity index (χ1v) is 14.8. The van der Waals surface area contributed by atoms with Crippen LogP contribution in [0.3, 0.4) is 0 Å². The SMILES string of the molecule is Cc1cc(S(=O)(=O)Oc2ccc(-c3cc4cc(CN5CCCCC5)ccc4[nH]3)c3c2CNC3=O)c(C)s1. The van der Waals surface area contributed by atoms with Crippen molar-refractivity contribution in [3.8, 4) is 17.0 Å². The number of amides is 1. The zero-order valence-corrected chi connectivity index (χ0v) is 22.5. The first-order chi connectivity index (χ1) is 17.8. The molecule has 2 N–H and O–H groups in total.